The Hall–Kier alpha value is -2.31. The summed E-state index contributed by atoms with van der Waals surface area (Å²) >= 11 is 7.30. The highest BCUT2D eigenvalue weighted by molar-refractivity contribution is 7.99. The maximum Gasteiger partial charge on any atom is 0.277 e. The number of thioether (sulfide) groups is 1. The molecule has 128 valence electrons. The molecule has 0 spiro atoms. The summed E-state index contributed by atoms with van der Waals surface area (Å²) in [6.07, 6.45) is 0.922. The van der Waals surface area contributed by atoms with Crippen LogP contribution in [0.25, 0.3) is 11.5 Å². The van der Waals surface area contributed by atoms with Crippen LogP contribution in [-0.4, -0.2) is 21.9 Å². The van der Waals surface area contributed by atoms with E-state index in [2.05, 4.69) is 22.4 Å². The van der Waals surface area contributed by atoms with Gasteiger partial charge in [-0.1, -0.05) is 54.6 Å². The summed E-state index contributed by atoms with van der Waals surface area (Å²) < 4.78 is 5.56. The Morgan fingerprint density at radius 3 is 2.84 bits per heavy atom. The van der Waals surface area contributed by atoms with Crippen molar-refractivity contribution in [2.75, 3.05) is 11.1 Å². The van der Waals surface area contributed by atoms with Crippen LogP contribution in [0.2, 0.25) is 5.02 Å². The van der Waals surface area contributed by atoms with Crippen molar-refractivity contribution in [1.82, 2.24) is 10.2 Å². The molecule has 0 aliphatic rings. The lowest BCUT2D eigenvalue weighted by Gasteiger charge is -2.05. The van der Waals surface area contributed by atoms with E-state index in [1.54, 1.807) is 12.1 Å². The lowest BCUT2D eigenvalue weighted by atomic mass is 10.1. The molecule has 25 heavy (non-hydrogen) atoms. The summed E-state index contributed by atoms with van der Waals surface area (Å²) in [4.78, 5) is 12.1. The molecule has 0 unspecified atom stereocenters. The quantitative estimate of drug-likeness (QED) is 0.635. The standard InChI is InChI=1S/C18H16ClN3O2S/c1-2-12-6-5-7-13(10-12)20-16(23)11-25-18-22-21-17(24-18)14-8-3-4-9-15(14)19/h3-10H,2,11H2,1H3,(H,20,23). The fraction of sp³-hybridized carbons (Fsp3) is 0.167. The van der Waals surface area contributed by atoms with Gasteiger partial charge in [0.15, 0.2) is 0 Å². The molecule has 0 atom stereocenters. The molecule has 1 aromatic heterocycles. The first kappa shape index (κ1) is 17.5. The van der Waals surface area contributed by atoms with Crippen molar-refractivity contribution in [3.05, 3.63) is 59.1 Å². The minimum atomic E-state index is -0.129. The number of rotatable bonds is 6. The van der Waals surface area contributed by atoms with Gasteiger partial charge in [0.2, 0.25) is 11.8 Å². The van der Waals surface area contributed by atoms with Crippen LogP contribution >= 0.6 is 23.4 Å². The van der Waals surface area contributed by atoms with Crippen molar-refractivity contribution in [2.45, 2.75) is 18.6 Å². The second-order valence-corrected chi connectivity index (χ2v) is 6.58. The summed E-state index contributed by atoms with van der Waals surface area (Å²) in [6.45, 7) is 2.07. The Bertz CT molecular complexity index is 882. The van der Waals surface area contributed by atoms with Crippen molar-refractivity contribution < 1.29 is 9.21 Å². The first-order valence-electron chi connectivity index (χ1n) is 7.75. The molecule has 0 fully saturated rings. The number of halogens is 1. The molecule has 1 N–H and O–H groups in total. The van der Waals surface area contributed by atoms with Gasteiger partial charge in [-0.05, 0) is 36.2 Å². The first-order chi connectivity index (χ1) is 12.2. The van der Waals surface area contributed by atoms with Crippen molar-refractivity contribution >= 4 is 35.0 Å². The minimum absolute atomic E-state index is 0.129. The Labute approximate surface area is 154 Å². The highest BCUT2D eigenvalue weighted by Gasteiger charge is 2.13. The molecule has 7 heteroatoms. The molecule has 5 nitrogen and oxygen atoms in total. The van der Waals surface area contributed by atoms with Crippen LogP contribution in [0.5, 0.6) is 0 Å². The molecular weight excluding hydrogens is 358 g/mol. The maximum absolute atomic E-state index is 12.1. The molecule has 0 saturated carbocycles. The molecule has 0 aliphatic carbocycles. The van der Waals surface area contributed by atoms with Crippen LogP contribution < -0.4 is 5.32 Å². The van der Waals surface area contributed by atoms with E-state index in [9.17, 15) is 4.79 Å². The summed E-state index contributed by atoms with van der Waals surface area (Å²) in [5, 5.41) is 11.7. The number of carbonyl (C=O) groups excluding carboxylic acids is 1. The van der Waals surface area contributed by atoms with E-state index in [0.29, 0.717) is 21.7 Å². The SMILES string of the molecule is CCc1cccc(NC(=O)CSc2nnc(-c3ccccc3Cl)o2)c1. The van der Waals surface area contributed by atoms with Crippen LogP contribution in [0, 0.1) is 0 Å². The summed E-state index contributed by atoms with van der Waals surface area (Å²) in [7, 11) is 0. The van der Waals surface area contributed by atoms with Gasteiger partial charge in [-0.15, -0.1) is 10.2 Å². The van der Waals surface area contributed by atoms with Gasteiger partial charge in [0.05, 0.1) is 16.3 Å². The van der Waals surface area contributed by atoms with Crippen molar-refractivity contribution in [3.8, 4) is 11.5 Å². The summed E-state index contributed by atoms with van der Waals surface area (Å²) in [6, 6.07) is 15.0. The van der Waals surface area contributed by atoms with Crippen LogP contribution in [0.1, 0.15) is 12.5 Å². The average Bonchev–Trinajstić information content (AvgIpc) is 3.09. The molecule has 2 aromatic carbocycles. The fourth-order valence-electron chi connectivity index (χ4n) is 2.20. The lowest BCUT2D eigenvalue weighted by Crippen LogP contribution is -2.14. The van der Waals surface area contributed by atoms with Gasteiger partial charge in [-0.2, -0.15) is 0 Å². The minimum Gasteiger partial charge on any atom is -0.411 e. The zero-order valence-corrected chi connectivity index (χ0v) is 15.1. The third-order valence-electron chi connectivity index (χ3n) is 3.46. The van der Waals surface area contributed by atoms with Crippen molar-refractivity contribution in [3.63, 3.8) is 0 Å². The largest absolute Gasteiger partial charge is 0.411 e. The number of hydrogen-bond donors (Lipinski definition) is 1. The third-order valence-corrected chi connectivity index (χ3v) is 4.60. The molecule has 1 amide bonds. The average molecular weight is 374 g/mol. The van der Waals surface area contributed by atoms with Crippen molar-refractivity contribution in [2.24, 2.45) is 0 Å². The zero-order valence-electron chi connectivity index (χ0n) is 13.5. The molecule has 0 aliphatic heterocycles. The number of carbonyl (C=O) groups is 1. The van der Waals surface area contributed by atoms with E-state index in [-0.39, 0.29) is 11.7 Å². The van der Waals surface area contributed by atoms with Crippen LogP contribution in [0.3, 0.4) is 0 Å². The summed E-state index contributed by atoms with van der Waals surface area (Å²) in [5.41, 5.74) is 2.63. The Morgan fingerprint density at radius 2 is 2.04 bits per heavy atom. The van der Waals surface area contributed by atoms with Gasteiger partial charge in [0, 0.05) is 5.69 Å². The Kier molecular flexibility index (Phi) is 5.73. The second kappa shape index (κ2) is 8.18. The number of benzene rings is 2. The fourth-order valence-corrected chi connectivity index (χ4v) is 2.98. The second-order valence-electron chi connectivity index (χ2n) is 5.24. The predicted octanol–water partition coefficient (Wildman–Crippen LogP) is 4.68. The summed E-state index contributed by atoms with van der Waals surface area (Å²) in [5.74, 6) is 0.389. The normalized spacial score (nSPS) is 10.6. The lowest BCUT2D eigenvalue weighted by molar-refractivity contribution is -0.113. The first-order valence-corrected chi connectivity index (χ1v) is 9.12. The van der Waals surface area contributed by atoms with E-state index in [1.807, 2.05) is 36.4 Å². The molecule has 3 aromatic rings. The third kappa shape index (κ3) is 4.61. The number of hydrogen-bond acceptors (Lipinski definition) is 5. The highest BCUT2D eigenvalue weighted by Crippen LogP contribution is 2.28. The van der Waals surface area contributed by atoms with E-state index < -0.39 is 0 Å². The van der Waals surface area contributed by atoms with Crippen LogP contribution in [-0.2, 0) is 11.2 Å². The van der Waals surface area contributed by atoms with E-state index in [1.165, 1.54) is 17.3 Å². The number of anilines is 1. The molecular formula is C18H16ClN3O2S. The van der Waals surface area contributed by atoms with Gasteiger partial charge >= 0.3 is 0 Å². The monoisotopic (exact) mass is 373 g/mol. The van der Waals surface area contributed by atoms with Crippen LogP contribution in [0.15, 0.2) is 58.2 Å². The van der Waals surface area contributed by atoms with Crippen LogP contribution in [0.4, 0.5) is 5.69 Å². The predicted molar refractivity (Wildman–Crippen MR) is 99.9 cm³/mol. The van der Waals surface area contributed by atoms with E-state index in [0.717, 1.165) is 12.1 Å². The molecule has 1 heterocycles. The topological polar surface area (TPSA) is 68.0 Å². The van der Waals surface area contributed by atoms with Gasteiger partial charge in [0.25, 0.3) is 5.22 Å². The maximum atomic E-state index is 12.1. The molecule has 0 saturated heterocycles. The Balaban J connectivity index is 1.58. The molecule has 0 radical (unpaired) electrons. The zero-order chi connectivity index (χ0) is 17.6. The molecule has 3 rings (SSSR count). The number of amides is 1. The van der Waals surface area contributed by atoms with Gasteiger partial charge in [0.1, 0.15) is 0 Å². The number of nitrogens with zero attached hydrogens (tertiary/aromatic N) is 2. The number of aromatic nitrogens is 2. The number of nitrogens with one attached hydrogen (secondary N) is 1. The van der Waals surface area contributed by atoms with E-state index >= 15 is 0 Å². The van der Waals surface area contributed by atoms with Crippen molar-refractivity contribution in [1.29, 1.82) is 0 Å². The number of aryl methyl sites for hydroxylation is 1. The van der Waals surface area contributed by atoms with Gasteiger partial charge in [-0.3, -0.25) is 4.79 Å². The Morgan fingerprint density at radius 1 is 1.20 bits per heavy atom. The smallest absolute Gasteiger partial charge is 0.277 e. The highest BCUT2D eigenvalue weighted by atomic mass is 35.5. The molecule has 0 bridgehead atoms. The van der Waals surface area contributed by atoms with Gasteiger partial charge in [-0.25, -0.2) is 0 Å². The van der Waals surface area contributed by atoms with Gasteiger partial charge < -0.3 is 9.73 Å². The van der Waals surface area contributed by atoms with E-state index in [4.69, 9.17) is 16.0 Å².